The summed E-state index contributed by atoms with van der Waals surface area (Å²) in [5.74, 6) is 1.93. The number of furan rings is 1. The molecule has 2 fully saturated rings. The standard InChI is InChI=1S/C21H35N3O3/c1-2-7-18(8-3-1)24-21(23-13-11-19-9-4-15-26-19)22-12-6-14-25-17-20-10-5-16-27-20/h4,9,15,18,20H,1-3,5-8,10-14,16-17H2,(H2,22,23,24). The molecule has 1 saturated carbocycles. The highest BCUT2D eigenvalue weighted by atomic mass is 16.5. The van der Waals surface area contributed by atoms with Gasteiger partial charge in [0, 0.05) is 38.8 Å². The summed E-state index contributed by atoms with van der Waals surface area (Å²) in [4.78, 5) is 4.76. The third-order valence-electron chi connectivity index (χ3n) is 5.23. The van der Waals surface area contributed by atoms with E-state index in [0.29, 0.717) is 12.1 Å². The summed E-state index contributed by atoms with van der Waals surface area (Å²) in [7, 11) is 0. The molecule has 0 aromatic carbocycles. The lowest BCUT2D eigenvalue weighted by atomic mass is 9.96. The number of nitrogens with one attached hydrogen (secondary N) is 2. The zero-order valence-electron chi connectivity index (χ0n) is 16.5. The number of aliphatic imine (C=N–C) groups is 1. The highest BCUT2D eigenvalue weighted by molar-refractivity contribution is 5.80. The van der Waals surface area contributed by atoms with E-state index < -0.39 is 0 Å². The van der Waals surface area contributed by atoms with Gasteiger partial charge < -0.3 is 24.5 Å². The molecule has 1 aromatic heterocycles. The van der Waals surface area contributed by atoms with E-state index in [1.807, 2.05) is 12.1 Å². The van der Waals surface area contributed by atoms with Gasteiger partial charge in [0.2, 0.25) is 0 Å². The molecule has 152 valence electrons. The summed E-state index contributed by atoms with van der Waals surface area (Å²) in [5, 5.41) is 7.08. The number of rotatable bonds is 10. The molecule has 1 atom stereocenters. The van der Waals surface area contributed by atoms with Crippen molar-refractivity contribution >= 4 is 5.96 Å². The second-order valence-electron chi connectivity index (χ2n) is 7.53. The third-order valence-corrected chi connectivity index (χ3v) is 5.23. The van der Waals surface area contributed by atoms with Gasteiger partial charge in [-0.05, 0) is 44.2 Å². The molecule has 6 heteroatoms. The number of guanidine groups is 1. The molecule has 1 aliphatic carbocycles. The molecule has 2 aliphatic rings. The Hall–Kier alpha value is -1.53. The summed E-state index contributed by atoms with van der Waals surface area (Å²) < 4.78 is 16.7. The molecule has 0 bridgehead atoms. The molecule has 1 saturated heterocycles. The van der Waals surface area contributed by atoms with Crippen molar-refractivity contribution in [1.29, 1.82) is 0 Å². The van der Waals surface area contributed by atoms with Crippen molar-refractivity contribution in [2.45, 2.75) is 69.9 Å². The fourth-order valence-electron chi connectivity index (χ4n) is 3.70. The quantitative estimate of drug-likeness (QED) is 0.372. The van der Waals surface area contributed by atoms with E-state index in [1.165, 1.54) is 32.1 Å². The Morgan fingerprint density at radius 1 is 1.19 bits per heavy atom. The molecule has 2 heterocycles. The summed E-state index contributed by atoms with van der Waals surface area (Å²) in [6.45, 7) is 3.94. The van der Waals surface area contributed by atoms with Gasteiger partial charge in [-0.3, -0.25) is 4.99 Å². The van der Waals surface area contributed by atoms with E-state index in [4.69, 9.17) is 18.9 Å². The maximum Gasteiger partial charge on any atom is 0.191 e. The van der Waals surface area contributed by atoms with Crippen LogP contribution in [0.25, 0.3) is 0 Å². The lowest BCUT2D eigenvalue weighted by molar-refractivity contribution is 0.0171. The molecular formula is C21H35N3O3. The first kappa shape index (κ1) is 20.2. The van der Waals surface area contributed by atoms with Crippen molar-refractivity contribution in [1.82, 2.24) is 10.6 Å². The minimum absolute atomic E-state index is 0.306. The summed E-state index contributed by atoms with van der Waals surface area (Å²) in [6.07, 6.45) is 12.6. The minimum atomic E-state index is 0.306. The molecule has 0 radical (unpaired) electrons. The fourth-order valence-corrected chi connectivity index (χ4v) is 3.70. The Kier molecular flexibility index (Phi) is 9.01. The minimum Gasteiger partial charge on any atom is -0.469 e. The van der Waals surface area contributed by atoms with Crippen LogP contribution in [0.4, 0.5) is 0 Å². The Morgan fingerprint density at radius 3 is 2.89 bits per heavy atom. The molecule has 0 spiro atoms. The van der Waals surface area contributed by atoms with Crippen LogP contribution >= 0.6 is 0 Å². The van der Waals surface area contributed by atoms with Crippen LogP contribution in [0.2, 0.25) is 0 Å². The van der Waals surface area contributed by atoms with Gasteiger partial charge in [0.15, 0.2) is 5.96 Å². The highest BCUT2D eigenvalue weighted by Crippen LogP contribution is 2.17. The van der Waals surface area contributed by atoms with Gasteiger partial charge in [-0.15, -0.1) is 0 Å². The van der Waals surface area contributed by atoms with E-state index in [1.54, 1.807) is 6.26 Å². The van der Waals surface area contributed by atoms with Gasteiger partial charge in [0.1, 0.15) is 5.76 Å². The lowest BCUT2D eigenvalue weighted by Crippen LogP contribution is -2.45. The average Bonchev–Trinajstić information content (AvgIpc) is 3.39. The first-order valence-corrected chi connectivity index (χ1v) is 10.7. The first-order chi connectivity index (χ1) is 13.4. The topological polar surface area (TPSA) is 68.0 Å². The van der Waals surface area contributed by atoms with Gasteiger partial charge >= 0.3 is 0 Å². The van der Waals surface area contributed by atoms with Crippen LogP contribution in [0, 0.1) is 0 Å². The predicted molar refractivity (Wildman–Crippen MR) is 107 cm³/mol. The zero-order valence-corrected chi connectivity index (χ0v) is 16.5. The predicted octanol–water partition coefficient (Wildman–Crippen LogP) is 3.28. The van der Waals surface area contributed by atoms with E-state index in [0.717, 1.165) is 70.3 Å². The van der Waals surface area contributed by atoms with Crippen molar-refractivity contribution < 1.29 is 13.9 Å². The second-order valence-corrected chi connectivity index (χ2v) is 7.53. The van der Waals surface area contributed by atoms with Crippen LogP contribution < -0.4 is 10.6 Å². The Balaban J connectivity index is 1.36. The van der Waals surface area contributed by atoms with Gasteiger partial charge in [0.25, 0.3) is 0 Å². The monoisotopic (exact) mass is 377 g/mol. The third kappa shape index (κ3) is 7.93. The van der Waals surface area contributed by atoms with Gasteiger partial charge in [-0.25, -0.2) is 0 Å². The molecule has 2 N–H and O–H groups in total. The lowest BCUT2D eigenvalue weighted by Gasteiger charge is -2.25. The Labute approximate surface area is 163 Å². The number of ether oxygens (including phenoxy) is 2. The molecule has 1 aliphatic heterocycles. The second kappa shape index (κ2) is 12.0. The maximum atomic E-state index is 5.73. The van der Waals surface area contributed by atoms with Crippen molar-refractivity contribution in [2.75, 3.05) is 32.9 Å². The van der Waals surface area contributed by atoms with Gasteiger partial charge in [0.05, 0.1) is 19.0 Å². The number of hydrogen-bond donors (Lipinski definition) is 2. The van der Waals surface area contributed by atoms with Crippen LogP contribution in [0.3, 0.4) is 0 Å². The smallest absolute Gasteiger partial charge is 0.191 e. The zero-order chi connectivity index (χ0) is 18.6. The van der Waals surface area contributed by atoms with E-state index >= 15 is 0 Å². The van der Waals surface area contributed by atoms with Gasteiger partial charge in [-0.2, -0.15) is 0 Å². The summed E-state index contributed by atoms with van der Waals surface area (Å²) in [6, 6.07) is 4.49. The van der Waals surface area contributed by atoms with E-state index in [2.05, 4.69) is 10.6 Å². The molecule has 6 nitrogen and oxygen atoms in total. The summed E-state index contributed by atoms with van der Waals surface area (Å²) in [5.41, 5.74) is 0. The van der Waals surface area contributed by atoms with Crippen LogP contribution in [0.15, 0.2) is 27.8 Å². The SMILES string of the molecule is c1coc(CCNC(=NCCCOCC2CCCO2)NC2CCCCC2)c1. The first-order valence-electron chi connectivity index (χ1n) is 10.7. The van der Waals surface area contributed by atoms with Crippen molar-refractivity contribution in [3.63, 3.8) is 0 Å². The van der Waals surface area contributed by atoms with Crippen molar-refractivity contribution in [2.24, 2.45) is 4.99 Å². The van der Waals surface area contributed by atoms with Crippen LogP contribution in [-0.4, -0.2) is 51.0 Å². The molecule has 1 aromatic rings. The Morgan fingerprint density at radius 2 is 2.11 bits per heavy atom. The number of nitrogens with zero attached hydrogens (tertiary/aromatic N) is 1. The van der Waals surface area contributed by atoms with Crippen LogP contribution in [-0.2, 0) is 15.9 Å². The Bertz CT molecular complexity index is 521. The van der Waals surface area contributed by atoms with Crippen molar-refractivity contribution in [3.05, 3.63) is 24.2 Å². The highest BCUT2D eigenvalue weighted by Gasteiger charge is 2.16. The average molecular weight is 378 g/mol. The summed E-state index contributed by atoms with van der Waals surface area (Å²) >= 11 is 0. The van der Waals surface area contributed by atoms with Crippen LogP contribution in [0.1, 0.15) is 57.1 Å². The largest absolute Gasteiger partial charge is 0.469 e. The molecule has 3 rings (SSSR count). The van der Waals surface area contributed by atoms with E-state index in [-0.39, 0.29) is 0 Å². The molecular weight excluding hydrogens is 342 g/mol. The fraction of sp³-hybridized carbons (Fsp3) is 0.762. The maximum absolute atomic E-state index is 5.73. The normalized spacial score (nSPS) is 21.5. The van der Waals surface area contributed by atoms with E-state index in [9.17, 15) is 0 Å². The molecule has 1 unspecified atom stereocenters. The molecule has 27 heavy (non-hydrogen) atoms. The van der Waals surface area contributed by atoms with Gasteiger partial charge in [-0.1, -0.05) is 19.3 Å². The molecule has 0 amide bonds. The van der Waals surface area contributed by atoms with Crippen molar-refractivity contribution in [3.8, 4) is 0 Å². The number of hydrogen-bond acceptors (Lipinski definition) is 4. The van der Waals surface area contributed by atoms with Crippen LogP contribution in [0.5, 0.6) is 0 Å².